The first kappa shape index (κ1) is 12.8. The largest absolute Gasteiger partial charge is 0.495 e. The van der Waals surface area contributed by atoms with E-state index in [-0.39, 0.29) is 5.69 Å². The molecule has 0 unspecified atom stereocenters. The molecule has 1 aromatic rings. The minimum atomic E-state index is -4.15. The number of sulfonamides is 1. The van der Waals surface area contributed by atoms with Crippen LogP contribution in [-0.2, 0) is 10.0 Å². The van der Waals surface area contributed by atoms with Crippen LogP contribution in [0.2, 0.25) is 0 Å². The van der Waals surface area contributed by atoms with E-state index < -0.39 is 32.7 Å². The van der Waals surface area contributed by atoms with Crippen LogP contribution in [-0.4, -0.2) is 20.5 Å². The molecule has 0 atom stereocenters. The van der Waals surface area contributed by atoms with Crippen molar-refractivity contribution in [3.63, 3.8) is 0 Å². The first-order valence-electron chi connectivity index (χ1n) is 4.13. The fourth-order valence-electron chi connectivity index (χ4n) is 1.28. The number of nitrogens with two attached hydrogens (primary N) is 1. The van der Waals surface area contributed by atoms with Crippen molar-refractivity contribution in [1.29, 1.82) is 0 Å². The van der Waals surface area contributed by atoms with Crippen molar-refractivity contribution in [2.75, 3.05) is 7.11 Å². The van der Waals surface area contributed by atoms with Crippen LogP contribution in [0.3, 0.4) is 0 Å². The van der Waals surface area contributed by atoms with Gasteiger partial charge >= 0.3 is 0 Å². The van der Waals surface area contributed by atoms with Gasteiger partial charge in [0.15, 0.2) is 5.75 Å². The zero-order valence-corrected chi connectivity index (χ0v) is 9.38. The summed E-state index contributed by atoms with van der Waals surface area (Å²) in [5.41, 5.74) is -0.583. The van der Waals surface area contributed by atoms with Gasteiger partial charge in [0.1, 0.15) is 4.90 Å². The summed E-state index contributed by atoms with van der Waals surface area (Å²) in [6, 6.07) is 0. The number of primary sulfonamides is 1. The van der Waals surface area contributed by atoms with Crippen LogP contribution >= 0.6 is 0 Å². The molecule has 0 fully saturated rings. The summed E-state index contributed by atoms with van der Waals surface area (Å²) in [5, 5.41) is 4.91. The number of aromatic nitrogens is 1. The lowest BCUT2D eigenvalue weighted by atomic mass is 10.2. The van der Waals surface area contributed by atoms with Gasteiger partial charge in [-0.1, -0.05) is 0 Å². The Hall–Kier alpha value is -1.28. The first-order valence-corrected chi connectivity index (χ1v) is 5.68. The molecule has 0 aliphatic carbocycles. The third-order valence-electron chi connectivity index (χ3n) is 1.92. The van der Waals surface area contributed by atoms with Crippen LogP contribution in [0.5, 0.6) is 5.75 Å². The van der Waals surface area contributed by atoms with Gasteiger partial charge in [-0.3, -0.25) is 4.98 Å². The summed E-state index contributed by atoms with van der Waals surface area (Å²) >= 11 is 0. The second-order valence-electron chi connectivity index (χ2n) is 3.01. The van der Waals surface area contributed by atoms with E-state index in [0.29, 0.717) is 0 Å². The molecule has 0 spiro atoms. The van der Waals surface area contributed by atoms with Crippen LogP contribution in [0, 0.1) is 6.92 Å². The van der Waals surface area contributed by atoms with Crippen molar-refractivity contribution in [3.05, 3.63) is 17.5 Å². The summed E-state index contributed by atoms with van der Waals surface area (Å²) in [7, 11) is -3.06. The second-order valence-corrected chi connectivity index (χ2v) is 4.51. The van der Waals surface area contributed by atoms with Crippen LogP contribution in [0.1, 0.15) is 17.7 Å². The Morgan fingerprint density at radius 2 is 2.06 bits per heavy atom. The quantitative estimate of drug-likeness (QED) is 0.869. The van der Waals surface area contributed by atoms with Gasteiger partial charge in [-0.15, -0.1) is 0 Å². The number of pyridine rings is 1. The van der Waals surface area contributed by atoms with E-state index in [4.69, 9.17) is 5.14 Å². The van der Waals surface area contributed by atoms with E-state index in [2.05, 4.69) is 9.72 Å². The lowest BCUT2D eigenvalue weighted by Gasteiger charge is -2.12. The van der Waals surface area contributed by atoms with Crippen molar-refractivity contribution in [2.45, 2.75) is 18.2 Å². The highest BCUT2D eigenvalue weighted by molar-refractivity contribution is 7.89. The van der Waals surface area contributed by atoms with E-state index in [1.807, 2.05) is 0 Å². The molecule has 0 aliphatic rings. The standard InChI is InChI=1S/C8H10F2N2O3S/c1-4-7(16(11,13)14)6(15-2)5(3-12-4)8(9)10/h3,8H,1-2H3,(H2,11,13,14). The summed E-state index contributed by atoms with van der Waals surface area (Å²) in [6.45, 7) is 1.34. The fourth-order valence-corrected chi connectivity index (χ4v) is 2.20. The normalized spacial score (nSPS) is 11.9. The Morgan fingerprint density at radius 1 is 1.50 bits per heavy atom. The monoisotopic (exact) mass is 252 g/mol. The zero-order valence-electron chi connectivity index (χ0n) is 8.57. The van der Waals surface area contributed by atoms with Crippen molar-refractivity contribution in [1.82, 2.24) is 4.98 Å². The number of aryl methyl sites for hydroxylation is 1. The zero-order chi connectivity index (χ0) is 12.5. The molecule has 5 nitrogen and oxygen atoms in total. The molecule has 90 valence electrons. The van der Waals surface area contributed by atoms with Gasteiger partial charge in [-0.2, -0.15) is 0 Å². The maximum Gasteiger partial charge on any atom is 0.268 e. The molecular formula is C8H10F2N2O3S. The summed E-state index contributed by atoms with van der Waals surface area (Å²) in [4.78, 5) is 3.05. The van der Waals surface area contributed by atoms with Crippen molar-refractivity contribution >= 4 is 10.0 Å². The van der Waals surface area contributed by atoms with Gasteiger partial charge < -0.3 is 4.74 Å². The number of methoxy groups -OCH3 is 1. The van der Waals surface area contributed by atoms with E-state index >= 15 is 0 Å². The Labute approximate surface area is 91.3 Å². The Morgan fingerprint density at radius 3 is 2.44 bits per heavy atom. The molecule has 1 heterocycles. The SMILES string of the molecule is COc1c(C(F)F)cnc(C)c1S(N)(=O)=O. The van der Waals surface area contributed by atoms with Gasteiger partial charge in [-0.05, 0) is 6.92 Å². The molecule has 0 saturated heterocycles. The summed E-state index contributed by atoms with van der Waals surface area (Å²) < 4.78 is 52.2. The molecular weight excluding hydrogens is 242 g/mol. The highest BCUT2D eigenvalue weighted by atomic mass is 32.2. The Balaban J connectivity index is 3.64. The average molecular weight is 252 g/mol. The molecule has 0 amide bonds. The average Bonchev–Trinajstić information content (AvgIpc) is 2.14. The maximum absolute atomic E-state index is 12.6. The van der Waals surface area contributed by atoms with Crippen molar-refractivity contribution in [2.24, 2.45) is 5.14 Å². The predicted octanol–water partition coefficient (Wildman–Crippen LogP) is 0.984. The van der Waals surface area contributed by atoms with Gasteiger partial charge in [0, 0.05) is 6.20 Å². The molecule has 16 heavy (non-hydrogen) atoms. The molecule has 2 N–H and O–H groups in total. The number of nitrogens with zero attached hydrogens (tertiary/aromatic N) is 1. The molecule has 0 aliphatic heterocycles. The topological polar surface area (TPSA) is 82.3 Å². The van der Waals surface area contributed by atoms with E-state index in [1.54, 1.807) is 0 Å². The molecule has 8 heteroatoms. The summed E-state index contributed by atoms with van der Waals surface area (Å²) in [5.74, 6) is -0.454. The van der Waals surface area contributed by atoms with E-state index in [0.717, 1.165) is 13.3 Å². The smallest absolute Gasteiger partial charge is 0.268 e. The third kappa shape index (κ3) is 2.27. The molecule has 0 aromatic carbocycles. The molecule has 0 saturated carbocycles. The van der Waals surface area contributed by atoms with Crippen molar-refractivity contribution in [3.8, 4) is 5.75 Å². The third-order valence-corrected chi connectivity index (χ3v) is 2.97. The highest BCUT2D eigenvalue weighted by Gasteiger charge is 2.25. The van der Waals surface area contributed by atoms with Crippen LogP contribution in [0.15, 0.2) is 11.1 Å². The van der Waals surface area contributed by atoms with Gasteiger partial charge in [-0.25, -0.2) is 22.3 Å². The number of rotatable bonds is 3. The Bertz CT molecular complexity index is 502. The molecule has 0 radical (unpaired) electrons. The second kappa shape index (κ2) is 4.30. The van der Waals surface area contributed by atoms with Crippen LogP contribution < -0.4 is 9.88 Å². The number of alkyl halides is 2. The molecule has 1 rings (SSSR count). The number of halogens is 2. The Kier molecular flexibility index (Phi) is 3.44. The van der Waals surface area contributed by atoms with Crippen LogP contribution in [0.25, 0.3) is 0 Å². The number of ether oxygens (including phenoxy) is 1. The fraction of sp³-hybridized carbons (Fsp3) is 0.375. The minimum absolute atomic E-state index is 0.0174. The lowest BCUT2D eigenvalue weighted by Crippen LogP contribution is -2.17. The summed E-state index contributed by atoms with van der Waals surface area (Å²) in [6.07, 6.45) is -2.02. The number of hydrogen-bond donors (Lipinski definition) is 1. The maximum atomic E-state index is 12.6. The van der Waals surface area contributed by atoms with E-state index in [1.165, 1.54) is 6.92 Å². The lowest BCUT2D eigenvalue weighted by molar-refractivity contribution is 0.146. The van der Waals surface area contributed by atoms with Gasteiger partial charge in [0.25, 0.3) is 6.43 Å². The van der Waals surface area contributed by atoms with Crippen molar-refractivity contribution < 1.29 is 21.9 Å². The predicted molar refractivity (Wildman–Crippen MR) is 51.9 cm³/mol. The minimum Gasteiger partial charge on any atom is -0.495 e. The molecule has 1 aromatic heterocycles. The van der Waals surface area contributed by atoms with E-state index in [9.17, 15) is 17.2 Å². The first-order chi connectivity index (χ1) is 7.29. The molecule has 0 bridgehead atoms. The highest BCUT2D eigenvalue weighted by Crippen LogP contribution is 2.34. The van der Waals surface area contributed by atoms with Gasteiger partial charge in [0.2, 0.25) is 10.0 Å². The van der Waals surface area contributed by atoms with Crippen LogP contribution in [0.4, 0.5) is 8.78 Å². The number of hydrogen-bond acceptors (Lipinski definition) is 4. The van der Waals surface area contributed by atoms with Gasteiger partial charge in [0.05, 0.1) is 18.4 Å².